The highest BCUT2D eigenvalue weighted by Crippen LogP contribution is 2.29. The Hall–Kier alpha value is -1.71. The molecule has 0 bridgehead atoms. The number of benzene rings is 2. The summed E-state index contributed by atoms with van der Waals surface area (Å²) in [7, 11) is -4.11. The third kappa shape index (κ3) is 4.41. The quantitative estimate of drug-likeness (QED) is 0.545. The lowest BCUT2D eigenvalue weighted by Crippen LogP contribution is -2.41. The molecule has 0 aliphatic carbocycles. The third-order valence-corrected chi connectivity index (χ3v) is 6.31. The van der Waals surface area contributed by atoms with Gasteiger partial charge in [0.15, 0.2) is 5.75 Å². The summed E-state index contributed by atoms with van der Waals surface area (Å²) < 4.78 is 50.9. The van der Waals surface area contributed by atoms with Crippen LogP contribution in [0.3, 0.4) is 0 Å². The van der Waals surface area contributed by atoms with E-state index in [4.69, 9.17) is 32.7 Å². The lowest BCUT2D eigenvalue weighted by atomic mass is 10.2. The van der Waals surface area contributed by atoms with Crippen molar-refractivity contribution >= 4 is 39.2 Å². The van der Waals surface area contributed by atoms with Crippen molar-refractivity contribution in [2.45, 2.75) is 4.90 Å². The molecule has 0 saturated carbocycles. The fraction of sp³-hybridized carbons (Fsp3) is 0.235. The van der Waals surface area contributed by atoms with Crippen LogP contribution in [0.2, 0.25) is 10.0 Å². The van der Waals surface area contributed by atoms with Crippen molar-refractivity contribution in [1.82, 2.24) is 4.31 Å². The van der Waals surface area contributed by atoms with Gasteiger partial charge in [0.1, 0.15) is 10.7 Å². The number of esters is 1. The predicted octanol–water partition coefficient (Wildman–Crippen LogP) is 3.37. The van der Waals surface area contributed by atoms with E-state index in [1.165, 1.54) is 18.2 Å². The van der Waals surface area contributed by atoms with Gasteiger partial charge in [-0.2, -0.15) is 4.31 Å². The summed E-state index contributed by atoms with van der Waals surface area (Å²) in [5.41, 5.74) is -0.140. The molecular formula is C17H14Cl2FNO5S. The zero-order valence-corrected chi connectivity index (χ0v) is 16.2. The number of hydrogen-bond acceptors (Lipinski definition) is 5. The van der Waals surface area contributed by atoms with E-state index in [0.717, 1.165) is 22.5 Å². The van der Waals surface area contributed by atoms with E-state index < -0.39 is 26.7 Å². The molecule has 1 fully saturated rings. The van der Waals surface area contributed by atoms with Crippen molar-refractivity contribution in [3.63, 3.8) is 0 Å². The number of nitrogens with zero attached hydrogens (tertiary/aromatic N) is 1. The van der Waals surface area contributed by atoms with Crippen LogP contribution < -0.4 is 4.74 Å². The van der Waals surface area contributed by atoms with Crippen LogP contribution in [0.1, 0.15) is 10.4 Å². The summed E-state index contributed by atoms with van der Waals surface area (Å²) in [6.07, 6.45) is 0. The maximum atomic E-state index is 14.2. The Balaban J connectivity index is 1.90. The van der Waals surface area contributed by atoms with Gasteiger partial charge in [-0.15, -0.1) is 0 Å². The zero-order valence-electron chi connectivity index (χ0n) is 13.8. The Labute approximate surface area is 165 Å². The Bertz CT molecular complexity index is 977. The van der Waals surface area contributed by atoms with Crippen LogP contribution in [0.5, 0.6) is 5.75 Å². The summed E-state index contributed by atoms with van der Waals surface area (Å²) in [4.78, 5) is 11.8. The molecule has 0 amide bonds. The number of hydrogen-bond donors (Lipinski definition) is 0. The number of rotatable bonds is 4. The van der Waals surface area contributed by atoms with Crippen LogP contribution in [0.4, 0.5) is 4.39 Å². The summed E-state index contributed by atoms with van der Waals surface area (Å²) in [5, 5.41) is 0.452. The highest BCUT2D eigenvalue weighted by molar-refractivity contribution is 7.89. The first-order chi connectivity index (χ1) is 12.8. The van der Waals surface area contributed by atoms with Gasteiger partial charge in [0, 0.05) is 24.2 Å². The van der Waals surface area contributed by atoms with Crippen LogP contribution in [-0.4, -0.2) is 45.0 Å². The number of carbonyl (C=O) groups excluding carboxylic acids is 1. The first-order valence-electron chi connectivity index (χ1n) is 7.84. The molecule has 6 nitrogen and oxygen atoms in total. The molecule has 0 spiro atoms. The lowest BCUT2D eigenvalue weighted by molar-refractivity contribution is 0.0726. The molecule has 3 rings (SSSR count). The molecule has 1 aliphatic heterocycles. The number of halogens is 3. The van der Waals surface area contributed by atoms with Gasteiger partial charge in [0.05, 0.1) is 23.8 Å². The van der Waals surface area contributed by atoms with Crippen molar-refractivity contribution in [3.8, 4) is 5.75 Å². The molecule has 1 saturated heterocycles. The van der Waals surface area contributed by atoms with Gasteiger partial charge in [0.2, 0.25) is 10.0 Å². The topological polar surface area (TPSA) is 72.9 Å². The normalized spacial score (nSPS) is 15.5. The maximum absolute atomic E-state index is 14.2. The Morgan fingerprint density at radius 3 is 2.52 bits per heavy atom. The Kier molecular flexibility index (Phi) is 6.02. The van der Waals surface area contributed by atoms with E-state index in [-0.39, 0.29) is 42.6 Å². The van der Waals surface area contributed by atoms with Gasteiger partial charge in [-0.05, 0) is 30.3 Å². The standard InChI is InChI=1S/C17H14Cl2FNO5S/c18-12-2-3-13(19)15(10-12)26-17(22)11-1-4-14(20)16(9-11)27(23,24)21-5-7-25-8-6-21/h1-4,9-10H,5-8H2. The number of morpholine rings is 1. The lowest BCUT2D eigenvalue weighted by Gasteiger charge is -2.26. The van der Waals surface area contributed by atoms with Crippen molar-refractivity contribution < 1.29 is 27.1 Å². The van der Waals surface area contributed by atoms with E-state index in [2.05, 4.69) is 0 Å². The predicted molar refractivity (Wildman–Crippen MR) is 97.4 cm³/mol. The molecule has 1 aliphatic rings. The SMILES string of the molecule is O=C(Oc1cc(Cl)ccc1Cl)c1ccc(F)c(S(=O)(=O)N2CCOCC2)c1. The molecule has 0 atom stereocenters. The summed E-state index contributed by atoms with van der Waals surface area (Å²) in [6.45, 7) is 0.648. The van der Waals surface area contributed by atoms with Crippen molar-refractivity contribution in [2.75, 3.05) is 26.3 Å². The van der Waals surface area contributed by atoms with E-state index in [1.54, 1.807) is 0 Å². The highest BCUT2D eigenvalue weighted by Gasteiger charge is 2.30. The molecule has 1 heterocycles. The average Bonchev–Trinajstić information content (AvgIpc) is 2.65. The van der Waals surface area contributed by atoms with E-state index in [0.29, 0.717) is 5.02 Å². The largest absolute Gasteiger partial charge is 0.421 e. The van der Waals surface area contributed by atoms with Crippen molar-refractivity contribution in [2.24, 2.45) is 0 Å². The third-order valence-electron chi connectivity index (χ3n) is 3.85. The van der Waals surface area contributed by atoms with Crippen molar-refractivity contribution in [1.29, 1.82) is 0 Å². The smallest absolute Gasteiger partial charge is 0.343 e. The monoisotopic (exact) mass is 433 g/mol. The molecule has 144 valence electrons. The molecule has 10 heteroatoms. The molecule has 0 unspecified atom stereocenters. The molecule has 27 heavy (non-hydrogen) atoms. The van der Waals surface area contributed by atoms with E-state index >= 15 is 0 Å². The molecule has 0 radical (unpaired) electrons. The second-order valence-electron chi connectivity index (χ2n) is 5.63. The van der Waals surface area contributed by atoms with E-state index in [9.17, 15) is 17.6 Å². The minimum atomic E-state index is -4.11. The second kappa shape index (κ2) is 8.12. The fourth-order valence-corrected chi connectivity index (χ4v) is 4.28. The molecule has 0 N–H and O–H groups in total. The number of sulfonamides is 1. The van der Waals surface area contributed by atoms with Crippen molar-refractivity contribution in [3.05, 3.63) is 57.8 Å². The summed E-state index contributed by atoms with van der Waals surface area (Å²) in [6, 6.07) is 7.30. The first-order valence-corrected chi connectivity index (χ1v) is 10.0. The molecular weight excluding hydrogens is 420 g/mol. The molecule has 0 aromatic heterocycles. The first kappa shape index (κ1) is 20.0. The van der Waals surface area contributed by atoms with Crippen LogP contribution in [-0.2, 0) is 14.8 Å². The second-order valence-corrected chi connectivity index (χ2v) is 8.38. The van der Waals surface area contributed by atoms with Gasteiger partial charge in [-0.3, -0.25) is 0 Å². The summed E-state index contributed by atoms with van der Waals surface area (Å²) >= 11 is 11.8. The maximum Gasteiger partial charge on any atom is 0.343 e. The number of carbonyl (C=O) groups is 1. The zero-order chi connectivity index (χ0) is 19.6. The summed E-state index contributed by atoms with van der Waals surface area (Å²) in [5.74, 6) is -1.84. The minimum absolute atomic E-state index is 0.0103. The van der Waals surface area contributed by atoms with Gasteiger partial charge < -0.3 is 9.47 Å². The fourth-order valence-electron chi connectivity index (χ4n) is 2.47. The van der Waals surface area contributed by atoms with Crippen LogP contribution in [0.25, 0.3) is 0 Å². The minimum Gasteiger partial charge on any atom is -0.421 e. The average molecular weight is 434 g/mol. The molecule has 2 aromatic carbocycles. The highest BCUT2D eigenvalue weighted by atomic mass is 35.5. The van der Waals surface area contributed by atoms with Gasteiger partial charge in [0.25, 0.3) is 0 Å². The number of ether oxygens (including phenoxy) is 2. The Morgan fingerprint density at radius 1 is 1.11 bits per heavy atom. The van der Waals surface area contributed by atoms with Crippen LogP contribution in [0, 0.1) is 5.82 Å². The van der Waals surface area contributed by atoms with Gasteiger partial charge >= 0.3 is 5.97 Å². The van der Waals surface area contributed by atoms with Gasteiger partial charge in [-0.25, -0.2) is 17.6 Å². The van der Waals surface area contributed by atoms with Gasteiger partial charge in [-0.1, -0.05) is 23.2 Å². The van der Waals surface area contributed by atoms with Crippen LogP contribution in [0.15, 0.2) is 41.3 Å². The van der Waals surface area contributed by atoms with Crippen LogP contribution >= 0.6 is 23.2 Å². The molecule has 2 aromatic rings. The van der Waals surface area contributed by atoms with E-state index in [1.807, 2.05) is 0 Å². The Morgan fingerprint density at radius 2 is 1.81 bits per heavy atom.